The lowest BCUT2D eigenvalue weighted by Crippen LogP contribution is -2.20. The van der Waals surface area contributed by atoms with Gasteiger partial charge in [-0.05, 0) is 17.7 Å². The van der Waals surface area contributed by atoms with E-state index in [0.717, 1.165) is 16.6 Å². The number of nitrogens with zero attached hydrogens (tertiary/aromatic N) is 2. The minimum atomic E-state index is -0.0886. The van der Waals surface area contributed by atoms with E-state index in [0.29, 0.717) is 6.54 Å². The van der Waals surface area contributed by atoms with Gasteiger partial charge in [-0.1, -0.05) is 6.07 Å². The highest BCUT2D eigenvalue weighted by Crippen LogP contribution is 2.17. The van der Waals surface area contributed by atoms with Gasteiger partial charge < -0.3 is 16.0 Å². The van der Waals surface area contributed by atoms with Gasteiger partial charge in [0.05, 0.1) is 17.4 Å². The Balaban J connectivity index is 2.54. The summed E-state index contributed by atoms with van der Waals surface area (Å²) < 4.78 is 1.97. The number of hydrogen-bond donors (Lipinski definition) is 2. The standard InChI is InChI=1S/C10H14N4/c1-14-6-13-9-3-2-7(4-10(9)14)8(12)5-11/h2-4,6,8H,5,11-12H2,1H3. The number of fused-ring (bicyclic) bond motifs is 1. The van der Waals surface area contributed by atoms with Gasteiger partial charge in [0.15, 0.2) is 0 Å². The maximum atomic E-state index is 5.85. The summed E-state index contributed by atoms with van der Waals surface area (Å²) in [6.07, 6.45) is 1.79. The second-order valence-electron chi connectivity index (χ2n) is 3.45. The van der Waals surface area contributed by atoms with Gasteiger partial charge in [-0.3, -0.25) is 0 Å². The molecule has 1 aromatic carbocycles. The first kappa shape index (κ1) is 9.18. The number of nitrogens with two attached hydrogens (primary N) is 2. The Kier molecular flexibility index (Phi) is 2.23. The van der Waals surface area contributed by atoms with Crippen molar-refractivity contribution in [1.82, 2.24) is 9.55 Å². The molecule has 0 saturated heterocycles. The van der Waals surface area contributed by atoms with Gasteiger partial charge in [0.2, 0.25) is 0 Å². The molecule has 2 rings (SSSR count). The predicted molar refractivity (Wildman–Crippen MR) is 56.7 cm³/mol. The summed E-state index contributed by atoms with van der Waals surface area (Å²) in [5, 5.41) is 0. The molecule has 14 heavy (non-hydrogen) atoms. The highest BCUT2D eigenvalue weighted by atomic mass is 15.0. The summed E-state index contributed by atoms with van der Waals surface area (Å²) in [6, 6.07) is 5.90. The summed E-state index contributed by atoms with van der Waals surface area (Å²) in [5.41, 5.74) is 14.5. The summed E-state index contributed by atoms with van der Waals surface area (Å²) in [4.78, 5) is 4.24. The zero-order valence-corrected chi connectivity index (χ0v) is 8.14. The van der Waals surface area contributed by atoms with Crippen molar-refractivity contribution >= 4 is 11.0 Å². The zero-order chi connectivity index (χ0) is 10.1. The second-order valence-corrected chi connectivity index (χ2v) is 3.45. The third-order valence-corrected chi connectivity index (χ3v) is 2.43. The number of hydrogen-bond acceptors (Lipinski definition) is 3. The van der Waals surface area contributed by atoms with E-state index < -0.39 is 0 Å². The van der Waals surface area contributed by atoms with E-state index in [1.165, 1.54) is 0 Å². The lowest BCUT2D eigenvalue weighted by atomic mass is 10.1. The molecular weight excluding hydrogens is 176 g/mol. The van der Waals surface area contributed by atoms with Crippen LogP contribution in [0, 0.1) is 0 Å². The molecule has 0 amide bonds. The molecule has 0 radical (unpaired) electrons. The van der Waals surface area contributed by atoms with Gasteiger partial charge in [-0.25, -0.2) is 4.98 Å². The van der Waals surface area contributed by atoms with Gasteiger partial charge in [0, 0.05) is 19.6 Å². The monoisotopic (exact) mass is 190 g/mol. The molecule has 2 aromatic rings. The maximum Gasteiger partial charge on any atom is 0.0955 e. The molecular formula is C10H14N4. The second kappa shape index (κ2) is 3.40. The van der Waals surface area contributed by atoms with Crippen molar-refractivity contribution in [3.63, 3.8) is 0 Å². The predicted octanol–water partition coefficient (Wildman–Crippen LogP) is 0.532. The molecule has 0 bridgehead atoms. The van der Waals surface area contributed by atoms with Gasteiger partial charge in [0.25, 0.3) is 0 Å². The fraction of sp³-hybridized carbons (Fsp3) is 0.300. The minimum absolute atomic E-state index is 0.0886. The van der Waals surface area contributed by atoms with Crippen LogP contribution in [-0.2, 0) is 7.05 Å². The summed E-state index contributed by atoms with van der Waals surface area (Å²) >= 11 is 0. The first-order chi connectivity index (χ1) is 6.72. The van der Waals surface area contributed by atoms with Crippen molar-refractivity contribution in [1.29, 1.82) is 0 Å². The highest BCUT2D eigenvalue weighted by molar-refractivity contribution is 5.76. The van der Waals surface area contributed by atoms with E-state index in [9.17, 15) is 0 Å². The summed E-state index contributed by atoms with van der Waals surface area (Å²) in [5.74, 6) is 0. The Hall–Kier alpha value is -1.39. The number of aromatic nitrogens is 2. The molecule has 0 aliphatic rings. The van der Waals surface area contributed by atoms with Gasteiger partial charge in [-0.15, -0.1) is 0 Å². The van der Waals surface area contributed by atoms with Crippen LogP contribution in [0.2, 0.25) is 0 Å². The van der Waals surface area contributed by atoms with Crippen LogP contribution in [0.4, 0.5) is 0 Å². The lowest BCUT2D eigenvalue weighted by molar-refractivity contribution is 0.737. The first-order valence-electron chi connectivity index (χ1n) is 4.59. The Morgan fingerprint density at radius 3 is 3.00 bits per heavy atom. The fourth-order valence-electron chi connectivity index (χ4n) is 1.51. The first-order valence-corrected chi connectivity index (χ1v) is 4.59. The number of rotatable bonds is 2. The average Bonchev–Trinajstić information content (AvgIpc) is 2.59. The van der Waals surface area contributed by atoms with Crippen LogP contribution in [0.1, 0.15) is 11.6 Å². The highest BCUT2D eigenvalue weighted by Gasteiger charge is 2.06. The van der Waals surface area contributed by atoms with E-state index in [1.807, 2.05) is 29.8 Å². The van der Waals surface area contributed by atoms with Crippen molar-refractivity contribution in [2.24, 2.45) is 18.5 Å². The molecule has 4 N–H and O–H groups in total. The van der Waals surface area contributed by atoms with E-state index in [4.69, 9.17) is 11.5 Å². The van der Waals surface area contributed by atoms with Crippen LogP contribution < -0.4 is 11.5 Å². The Morgan fingerprint density at radius 2 is 2.29 bits per heavy atom. The van der Waals surface area contributed by atoms with Crippen LogP contribution in [0.3, 0.4) is 0 Å². The largest absolute Gasteiger partial charge is 0.334 e. The smallest absolute Gasteiger partial charge is 0.0955 e. The van der Waals surface area contributed by atoms with Crippen LogP contribution in [0.15, 0.2) is 24.5 Å². The van der Waals surface area contributed by atoms with Crippen molar-refractivity contribution in [2.45, 2.75) is 6.04 Å². The van der Waals surface area contributed by atoms with Crippen LogP contribution >= 0.6 is 0 Å². The van der Waals surface area contributed by atoms with E-state index in [1.54, 1.807) is 6.33 Å². The third kappa shape index (κ3) is 1.38. The fourth-order valence-corrected chi connectivity index (χ4v) is 1.51. The van der Waals surface area contributed by atoms with Crippen molar-refractivity contribution in [3.05, 3.63) is 30.1 Å². The van der Waals surface area contributed by atoms with Crippen molar-refractivity contribution in [2.75, 3.05) is 6.54 Å². The van der Waals surface area contributed by atoms with E-state index >= 15 is 0 Å². The Bertz CT molecular complexity index is 446. The van der Waals surface area contributed by atoms with Gasteiger partial charge in [0.1, 0.15) is 0 Å². The molecule has 1 heterocycles. The minimum Gasteiger partial charge on any atom is -0.334 e. The Morgan fingerprint density at radius 1 is 1.50 bits per heavy atom. The zero-order valence-electron chi connectivity index (χ0n) is 8.14. The maximum absolute atomic E-state index is 5.85. The molecule has 0 saturated carbocycles. The van der Waals surface area contributed by atoms with E-state index in [2.05, 4.69) is 4.98 Å². The Labute approximate surface area is 82.5 Å². The molecule has 0 aliphatic heterocycles. The SMILES string of the molecule is Cn1cnc2ccc(C(N)CN)cc21. The van der Waals surface area contributed by atoms with Crippen LogP contribution in [0.25, 0.3) is 11.0 Å². The molecule has 1 unspecified atom stereocenters. The topological polar surface area (TPSA) is 69.9 Å². The number of benzene rings is 1. The average molecular weight is 190 g/mol. The summed E-state index contributed by atoms with van der Waals surface area (Å²) in [6.45, 7) is 0.462. The third-order valence-electron chi connectivity index (χ3n) is 2.43. The van der Waals surface area contributed by atoms with Crippen molar-refractivity contribution < 1.29 is 0 Å². The van der Waals surface area contributed by atoms with Gasteiger partial charge >= 0.3 is 0 Å². The van der Waals surface area contributed by atoms with Gasteiger partial charge in [-0.2, -0.15) is 0 Å². The van der Waals surface area contributed by atoms with Crippen LogP contribution in [0.5, 0.6) is 0 Å². The molecule has 0 fully saturated rings. The molecule has 4 heteroatoms. The molecule has 1 atom stereocenters. The molecule has 1 aromatic heterocycles. The molecule has 4 nitrogen and oxygen atoms in total. The lowest BCUT2D eigenvalue weighted by Gasteiger charge is -2.08. The molecule has 0 spiro atoms. The number of aryl methyl sites for hydroxylation is 1. The van der Waals surface area contributed by atoms with Crippen LogP contribution in [-0.4, -0.2) is 16.1 Å². The number of imidazole rings is 1. The molecule has 0 aliphatic carbocycles. The van der Waals surface area contributed by atoms with Crippen molar-refractivity contribution in [3.8, 4) is 0 Å². The normalized spacial score (nSPS) is 13.4. The van der Waals surface area contributed by atoms with E-state index in [-0.39, 0.29) is 6.04 Å². The molecule has 74 valence electrons. The summed E-state index contributed by atoms with van der Waals surface area (Å²) in [7, 11) is 1.97. The quantitative estimate of drug-likeness (QED) is 0.725.